The predicted octanol–water partition coefficient (Wildman–Crippen LogP) is 10.1. The lowest BCUT2D eigenvalue weighted by atomic mass is 9.97. The van der Waals surface area contributed by atoms with Crippen LogP contribution in [-0.4, -0.2) is 14.0 Å². The van der Waals surface area contributed by atoms with E-state index in [1.165, 1.54) is 49.4 Å². The number of hydrogen-bond donors (Lipinski definition) is 0. The van der Waals surface area contributed by atoms with Gasteiger partial charge in [-0.05, 0) is 52.9 Å². The molecule has 3 nitrogen and oxygen atoms in total. The van der Waals surface area contributed by atoms with Crippen molar-refractivity contribution in [2.24, 2.45) is 0 Å². The Morgan fingerprint density at radius 1 is 0.452 bits per heavy atom. The average Bonchev–Trinajstić information content (AvgIpc) is 3.66. The van der Waals surface area contributed by atoms with E-state index in [1.807, 2.05) is 6.20 Å². The number of aromatic nitrogens is 3. The van der Waals surface area contributed by atoms with Crippen molar-refractivity contribution in [1.82, 2.24) is 14.0 Å². The Labute approximate surface area is 242 Å². The second kappa shape index (κ2) is 8.92. The lowest BCUT2D eigenvalue weighted by molar-refractivity contribution is 1.18. The minimum atomic E-state index is 0.984. The van der Waals surface area contributed by atoms with Gasteiger partial charge in [0.15, 0.2) is 0 Å². The van der Waals surface area contributed by atoms with Crippen molar-refractivity contribution in [2.45, 2.75) is 0 Å². The van der Waals surface area contributed by atoms with Gasteiger partial charge in [0.1, 0.15) is 5.65 Å². The number of imidazole rings is 1. The van der Waals surface area contributed by atoms with Gasteiger partial charge in [-0.25, -0.2) is 4.98 Å². The first-order valence-electron chi connectivity index (χ1n) is 14.3. The summed E-state index contributed by atoms with van der Waals surface area (Å²) in [5.41, 5.74) is 10.4. The van der Waals surface area contributed by atoms with Gasteiger partial charge in [0.25, 0.3) is 0 Å². The molecule has 0 bridgehead atoms. The van der Waals surface area contributed by atoms with Crippen LogP contribution in [0.15, 0.2) is 152 Å². The minimum Gasteiger partial charge on any atom is -0.309 e. The number of para-hydroxylation sites is 3. The predicted molar refractivity (Wildman–Crippen MR) is 175 cm³/mol. The Morgan fingerprint density at radius 2 is 1.10 bits per heavy atom. The van der Waals surface area contributed by atoms with Crippen molar-refractivity contribution in [3.05, 3.63) is 152 Å². The molecule has 0 spiro atoms. The van der Waals surface area contributed by atoms with Crippen molar-refractivity contribution < 1.29 is 0 Å². The molecule has 196 valence electrons. The molecule has 6 aromatic carbocycles. The summed E-state index contributed by atoms with van der Waals surface area (Å²) >= 11 is 0. The van der Waals surface area contributed by atoms with E-state index in [-0.39, 0.29) is 0 Å². The van der Waals surface area contributed by atoms with Gasteiger partial charge in [0.05, 0.1) is 28.4 Å². The number of fused-ring (bicyclic) bond motifs is 9. The van der Waals surface area contributed by atoms with Crippen LogP contribution in [0.25, 0.3) is 77.2 Å². The molecule has 42 heavy (non-hydrogen) atoms. The Kier molecular flexibility index (Phi) is 4.90. The first-order chi connectivity index (χ1) is 20.9. The molecule has 0 amide bonds. The van der Waals surface area contributed by atoms with Crippen LogP contribution in [0.3, 0.4) is 0 Å². The van der Waals surface area contributed by atoms with Crippen LogP contribution in [0, 0.1) is 0 Å². The Morgan fingerprint density at radius 3 is 1.95 bits per heavy atom. The number of nitrogens with zero attached hydrogens (tertiary/aromatic N) is 3. The summed E-state index contributed by atoms with van der Waals surface area (Å²) in [6.45, 7) is 0. The van der Waals surface area contributed by atoms with E-state index in [0.717, 1.165) is 27.8 Å². The third kappa shape index (κ3) is 3.25. The van der Waals surface area contributed by atoms with Crippen LogP contribution >= 0.6 is 0 Å². The molecule has 3 heterocycles. The lowest BCUT2D eigenvalue weighted by Crippen LogP contribution is -1.94. The zero-order chi connectivity index (χ0) is 27.6. The zero-order valence-corrected chi connectivity index (χ0v) is 22.8. The average molecular weight is 536 g/mol. The fourth-order valence-corrected chi connectivity index (χ4v) is 6.76. The topological polar surface area (TPSA) is 22.2 Å². The van der Waals surface area contributed by atoms with Crippen molar-refractivity contribution in [2.75, 3.05) is 0 Å². The maximum absolute atomic E-state index is 4.96. The SMILES string of the molecule is c1ccc(-n2c3ccccc3c3c(-c4cccc(-c5cnc6c7ccccc7c7ccccc7n56)c4)cccc32)cc1. The molecule has 0 aliphatic carbocycles. The molecule has 0 saturated heterocycles. The summed E-state index contributed by atoms with van der Waals surface area (Å²) in [5, 5.41) is 6.15. The fourth-order valence-electron chi connectivity index (χ4n) is 6.76. The highest BCUT2D eigenvalue weighted by molar-refractivity contribution is 6.16. The van der Waals surface area contributed by atoms with E-state index in [0.29, 0.717) is 0 Å². The first-order valence-corrected chi connectivity index (χ1v) is 14.3. The molecule has 0 aliphatic heterocycles. The van der Waals surface area contributed by atoms with Gasteiger partial charge in [-0.15, -0.1) is 0 Å². The third-order valence-corrected chi connectivity index (χ3v) is 8.55. The summed E-state index contributed by atoms with van der Waals surface area (Å²) in [6, 6.07) is 52.1. The summed E-state index contributed by atoms with van der Waals surface area (Å²) in [6.07, 6.45) is 2.02. The Balaban J connectivity index is 1.31. The van der Waals surface area contributed by atoms with Crippen LogP contribution in [0.1, 0.15) is 0 Å². The molecule has 3 aromatic heterocycles. The summed E-state index contributed by atoms with van der Waals surface area (Å²) < 4.78 is 4.69. The number of hydrogen-bond acceptors (Lipinski definition) is 1. The van der Waals surface area contributed by atoms with Crippen LogP contribution < -0.4 is 0 Å². The maximum atomic E-state index is 4.96. The summed E-state index contributed by atoms with van der Waals surface area (Å²) in [5.74, 6) is 0. The van der Waals surface area contributed by atoms with Crippen LogP contribution in [0.2, 0.25) is 0 Å². The molecule has 0 aliphatic rings. The van der Waals surface area contributed by atoms with E-state index in [1.54, 1.807) is 0 Å². The third-order valence-electron chi connectivity index (χ3n) is 8.55. The van der Waals surface area contributed by atoms with Crippen LogP contribution in [0.4, 0.5) is 0 Å². The van der Waals surface area contributed by atoms with E-state index < -0.39 is 0 Å². The molecule has 0 N–H and O–H groups in total. The second-order valence-corrected chi connectivity index (χ2v) is 10.8. The number of rotatable bonds is 3. The van der Waals surface area contributed by atoms with Gasteiger partial charge >= 0.3 is 0 Å². The van der Waals surface area contributed by atoms with Crippen molar-refractivity contribution in [3.63, 3.8) is 0 Å². The maximum Gasteiger partial charge on any atom is 0.145 e. The van der Waals surface area contributed by atoms with E-state index in [4.69, 9.17) is 4.98 Å². The monoisotopic (exact) mass is 535 g/mol. The van der Waals surface area contributed by atoms with E-state index >= 15 is 0 Å². The first kappa shape index (κ1) is 23.1. The minimum absolute atomic E-state index is 0.984. The molecular formula is C39H25N3. The normalized spacial score (nSPS) is 11.8. The molecule has 0 atom stereocenters. The van der Waals surface area contributed by atoms with E-state index in [9.17, 15) is 0 Å². The van der Waals surface area contributed by atoms with Gasteiger partial charge in [-0.2, -0.15) is 0 Å². The molecule has 0 saturated carbocycles. The fraction of sp³-hybridized carbons (Fsp3) is 0. The lowest BCUT2D eigenvalue weighted by Gasteiger charge is -2.12. The molecular weight excluding hydrogens is 510 g/mol. The zero-order valence-electron chi connectivity index (χ0n) is 22.8. The van der Waals surface area contributed by atoms with Crippen LogP contribution in [-0.2, 0) is 0 Å². The van der Waals surface area contributed by atoms with Crippen molar-refractivity contribution in [1.29, 1.82) is 0 Å². The highest BCUT2D eigenvalue weighted by Gasteiger charge is 2.18. The number of pyridine rings is 1. The van der Waals surface area contributed by atoms with Gasteiger partial charge in [-0.1, -0.05) is 109 Å². The molecule has 3 heteroatoms. The Hall–Kier alpha value is -5.67. The molecule has 9 rings (SSSR count). The van der Waals surface area contributed by atoms with E-state index in [2.05, 4.69) is 155 Å². The highest BCUT2D eigenvalue weighted by Crippen LogP contribution is 2.40. The molecule has 0 unspecified atom stereocenters. The molecule has 0 radical (unpaired) electrons. The quantitative estimate of drug-likeness (QED) is 0.206. The smallest absolute Gasteiger partial charge is 0.145 e. The number of benzene rings is 6. The molecule has 9 aromatic rings. The van der Waals surface area contributed by atoms with Crippen molar-refractivity contribution in [3.8, 4) is 28.1 Å². The standard InChI is InChI=1S/C39H25N3/c1-2-14-28(15-3-1)41-35-22-9-7-19-33(35)38-29(20-11-23-36(38)41)26-12-10-13-27(24-26)37-25-40-39-32-18-5-4-16-30(32)31-17-6-8-21-34(31)42(37)39/h1-25H. The van der Waals surface area contributed by atoms with Crippen molar-refractivity contribution >= 4 is 49.1 Å². The molecule has 0 fully saturated rings. The van der Waals surface area contributed by atoms with Gasteiger partial charge < -0.3 is 4.57 Å². The largest absolute Gasteiger partial charge is 0.309 e. The highest BCUT2D eigenvalue weighted by atomic mass is 15.0. The van der Waals surface area contributed by atoms with Gasteiger partial charge in [-0.3, -0.25) is 4.40 Å². The summed E-state index contributed by atoms with van der Waals surface area (Å²) in [4.78, 5) is 4.96. The second-order valence-electron chi connectivity index (χ2n) is 10.8. The van der Waals surface area contributed by atoms with Crippen LogP contribution in [0.5, 0.6) is 0 Å². The summed E-state index contributed by atoms with van der Waals surface area (Å²) in [7, 11) is 0. The van der Waals surface area contributed by atoms with Gasteiger partial charge in [0.2, 0.25) is 0 Å². The Bertz CT molecular complexity index is 2460. The van der Waals surface area contributed by atoms with Gasteiger partial charge in [0, 0.05) is 32.8 Å².